The van der Waals surface area contributed by atoms with E-state index >= 15 is 0 Å². The molecule has 0 radical (unpaired) electrons. The fourth-order valence-electron chi connectivity index (χ4n) is 2.49. The molecule has 23 heavy (non-hydrogen) atoms. The maximum atomic E-state index is 12.4. The van der Waals surface area contributed by atoms with Gasteiger partial charge in [0.1, 0.15) is 0 Å². The van der Waals surface area contributed by atoms with E-state index < -0.39 is 10.0 Å². The predicted octanol–water partition coefficient (Wildman–Crippen LogP) is 1.56. The van der Waals surface area contributed by atoms with Gasteiger partial charge in [0, 0.05) is 13.1 Å². The zero-order valence-electron chi connectivity index (χ0n) is 13.5. The molecule has 128 valence electrons. The minimum atomic E-state index is -3.36. The molecule has 0 aliphatic carbocycles. The van der Waals surface area contributed by atoms with Crippen LogP contribution in [0.1, 0.15) is 23.2 Å². The third-order valence-electron chi connectivity index (χ3n) is 4.11. The van der Waals surface area contributed by atoms with Crippen LogP contribution in [-0.4, -0.2) is 58.7 Å². The van der Waals surface area contributed by atoms with Gasteiger partial charge in [-0.25, -0.2) is 8.42 Å². The summed E-state index contributed by atoms with van der Waals surface area (Å²) in [5.41, 5.74) is 0.782. The van der Waals surface area contributed by atoms with Crippen molar-refractivity contribution >= 4 is 33.2 Å². The number of sulfonamides is 1. The van der Waals surface area contributed by atoms with E-state index in [2.05, 4.69) is 17.3 Å². The minimum Gasteiger partial charge on any atom is -0.349 e. The number of benzene rings is 1. The number of anilines is 1. The number of nitrogens with zero attached hydrogens (tertiary/aromatic N) is 2. The van der Waals surface area contributed by atoms with Gasteiger partial charge < -0.3 is 10.2 Å². The van der Waals surface area contributed by atoms with Crippen molar-refractivity contribution in [3.05, 3.63) is 28.8 Å². The second-order valence-electron chi connectivity index (χ2n) is 5.95. The number of halogens is 1. The Bertz CT molecular complexity index is 685. The number of amides is 1. The second-order valence-corrected chi connectivity index (χ2v) is 8.37. The summed E-state index contributed by atoms with van der Waals surface area (Å²) in [6, 6.07) is 4.78. The summed E-state index contributed by atoms with van der Waals surface area (Å²) < 4.78 is 24.2. The maximum Gasteiger partial charge on any atom is 0.253 e. The van der Waals surface area contributed by atoms with Crippen LogP contribution in [0, 0.1) is 0 Å². The standard InChI is InChI=1S/C15H22ClN3O3S/c1-18-8-6-11(7-9-18)17-15(20)13-5-4-12(10-14(13)16)19(2)23(3,21)22/h4-5,10-11H,6-9H2,1-3H3,(H,17,20). The Kier molecular flexibility index (Phi) is 5.54. The fraction of sp³-hybridized carbons (Fsp3) is 0.533. The summed E-state index contributed by atoms with van der Waals surface area (Å²) in [7, 11) is 0.141. The number of hydrogen-bond donors (Lipinski definition) is 1. The van der Waals surface area contributed by atoms with Gasteiger partial charge in [-0.05, 0) is 51.2 Å². The van der Waals surface area contributed by atoms with Crippen LogP contribution >= 0.6 is 11.6 Å². The lowest BCUT2D eigenvalue weighted by atomic mass is 10.0. The number of nitrogens with one attached hydrogen (secondary N) is 1. The van der Waals surface area contributed by atoms with Gasteiger partial charge in [0.2, 0.25) is 10.0 Å². The van der Waals surface area contributed by atoms with Crippen LogP contribution in [0.25, 0.3) is 0 Å². The van der Waals surface area contributed by atoms with Crippen molar-refractivity contribution < 1.29 is 13.2 Å². The Morgan fingerprint density at radius 1 is 1.35 bits per heavy atom. The predicted molar refractivity (Wildman–Crippen MR) is 92.7 cm³/mol. The largest absolute Gasteiger partial charge is 0.349 e. The summed E-state index contributed by atoms with van der Waals surface area (Å²) in [5.74, 6) is -0.224. The molecule has 1 heterocycles. The summed E-state index contributed by atoms with van der Waals surface area (Å²) in [6.45, 7) is 1.91. The highest BCUT2D eigenvalue weighted by molar-refractivity contribution is 7.92. The molecule has 1 aliphatic rings. The Morgan fingerprint density at radius 2 is 1.96 bits per heavy atom. The third kappa shape index (κ3) is 4.59. The third-order valence-corrected chi connectivity index (χ3v) is 5.63. The summed E-state index contributed by atoms with van der Waals surface area (Å²) >= 11 is 6.17. The van der Waals surface area contributed by atoms with Crippen molar-refractivity contribution in [2.24, 2.45) is 0 Å². The monoisotopic (exact) mass is 359 g/mol. The molecule has 1 aromatic rings. The SMILES string of the molecule is CN1CCC(NC(=O)c2ccc(N(C)S(C)(=O)=O)cc2Cl)CC1. The first-order valence-electron chi connectivity index (χ1n) is 7.41. The molecule has 0 spiro atoms. The van der Waals surface area contributed by atoms with Crippen molar-refractivity contribution in [1.29, 1.82) is 0 Å². The molecule has 0 aromatic heterocycles. The number of likely N-dealkylation sites (tertiary alicyclic amines) is 1. The molecule has 1 saturated heterocycles. The number of carbonyl (C=O) groups excluding carboxylic acids is 1. The first-order chi connectivity index (χ1) is 10.7. The quantitative estimate of drug-likeness (QED) is 0.885. The van der Waals surface area contributed by atoms with E-state index in [9.17, 15) is 13.2 Å². The van der Waals surface area contributed by atoms with Crippen LogP contribution in [0.2, 0.25) is 5.02 Å². The van der Waals surface area contributed by atoms with Crippen LogP contribution in [-0.2, 0) is 10.0 Å². The lowest BCUT2D eigenvalue weighted by Gasteiger charge is -2.29. The molecule has 1 aliphatic heterocycles. The Labute approximate surface area is 142 Å². The van der Waals surface area contributed by atoms with Crippen LogP contribution in [0.4, 0.5) is 5.69 Å². The van der Waals surface area contributed by atoms with Crippen LogP contribution in [0.15, 0.2) is 18.2 Å². The zero-order chi connectivity index (χ0) is 17.2. The lowest BCUT2D eigenvalue weighted by Crippen LogP contribution is -2.43. The molecule has 0 atom stereocenters. The minimum absolute atomic E-state index is 0.146. The molecule has 0 bridgehead atoms. The highest BCUT2D eigenvalue weighted by Gasteiger charge is 2.21. The molecule has 1 fully saturated rings. The zero-order valence-corrected chi connectivity index (χ0v) is 15.1. The molecule has 1 N–H and O–H groups in total. The second kappa shape index (κ2) is 7.07. The van der Waals surface area contributed by atoms with E-state index in [-0.39, 0.29) is 17.0 Å². The van der Waals surface area contributed by atoms with Crippen molar-refractivity contribution in [3.63, 3.8) is 0 Å². The molecule has 1 aromatic carbocycles. The Hall–Kier alpha value is -1.31. The van der Waals surface area contributed by atoms with Crippen molar-refractivity contribution in [3.8, 4) is 0 Å². The normalized spacial score (nSPS) is 17.0. The Balaban J connectivity index is 2.10. The van der Waals surface area contributed by atoms with Gasteiger partial charge >= 0.3 is 0 Å². The van der Waals surface area contributed by atoms with E-state index in [4.69, 9.17) is 11.6 Å². The number of hydrogen-bond acceptors (Lipinski definition) is 4. The average Bonchev–Trinajstić information content (AvgIpc) is 2.47. The van der Waals surface area contributed by atoms with Gasteiger partial charge in [-0.1, -0.05) is 11.6 Å². The van der Waals surface area contributed by atoms with E-state index in [1.54, 1.807) is 12.1 Å². The highest BCUT2D eigenvalue weighted by atomic mass is 35.5. The molecule has 8 heteroatoms. The van der Waals surface area contributed by atoms with E-state index in [1.807, 2.05) is 0 Å². The lowest BCUT2D eigenvalue weighted by molar-refractivity contribution is 0.0917. The van der Waals surface area contributed by atoms with Crippen molar-refractivity contribution in [2.75, 3.05) is 37.7 Å². The van der Waals surface area contributed by atoms with Gasteiger partial charge in [-0.15, -0.1) is 0 Å². The van der Waals surface area contributed by atoms with Gasteiger partial charge in [0.25, 0.3) is 5.91 Å². The van der Waals surface area contributed by atoms with Gasteiger partial charge in [-0.3, -0.25) is 9.10 Å². The number of piperidine rings is 1. The highest BCUT2D eigenvalue weighted by Crippen LogP contribution is 2.24. The molecule has 0 saturated carbocycles. The van der Waals surface area contributed by atoms with E-state index in [1.165, 1.54) is 13.1 Å². The average molecular weight is 360 g/mol. The molecule has 1 amide bonds. The molecule has 0 unspecified atom stereocenters. The summed E-state index contributed by atoms with van der Waals surface area (Å²) in [4.78, 5) is 14.6. The van der Waals surface area contributed by atoms with Crippen LogP contribution in [0.5, 0.6) is 0 Å². The Morgan fingerprint density at radius 3 is 2.48 bits per heavy atom. The van der Waals surface area contributed by atoms with Crippen molar-refractivity contribution in [2.45, 2.75) is 18.9 Å². The molecule has 2 rings (SSSR count). The first-order valence-corrected chi connectivity index (χ1v) is 9.64. The molecule has 6 nitrogen and oxygen atoms in total. The first kappa shape index (κ1) is 18.0. The van der Waals surface area contributed by atoms with Crippen LogP contribution in [0.3, 0.4) is 0 Å². The van der Waals surface area contributed by atoms with E-state index in [0.29, 0.717) is 11.3 Å². The van der Waals surface area contributed by atoms with Crippen molar-refractivity contribution in [1.82, 2.24) is 10.2 Å². The topological polar surface area (TPSA) is 69.7 Å². The number of rotatable bonds is 4. The van der Waals surface area contributed by atoms with Crippen LogP contribution < -0.4 is 9.62 Å². The van der Waals surface area contributed by atoms with Gasteiger partial charge in [0.05, 0.1) is 22.5 Å². The number of carbonyl (C=O) groups is 1. The molecular weight excluding hydrogens is 338 g/mol. The summed E-state index contributed by atoms with van der Waals surface area (Å²) in [6.07, 6.45) is 2.94. The van der Waals surface area contributed by atoms with Gasteiger partial charge in [-0.2, -0.15) is 0 Å². The smallest absolute Gasteiger partial charge is 0.253 e. The maximum absolute atomic E-state index is 12.4. The van der Waals surface area contributed by atoms with E-state index in [0.717, 1.165) is 36.5 Å². The fourth-order valence-corrected chi connectivity index (χ4v) is 3.25. The molecular formula is C15H22ClN3O3S. The van der Waals surface area contributed by atoms with Gasteiger partial charge in [0.15, 0.2) is 0 Å². The summed E-state index contributed by atoms with van der Waals surface area (Å²) in [5, 5.41) is 3.23.